The third kappa shape index (κ3) is 11.3. The Kier molecular flexibility index (Phi) is 17.0. The van der Waals surface area contributed by atoms with Gasteiger partial charge in [0.1, 0.15) is 24.3 Å². The molecule has 5 amide bonds. The van der Waals surface area contributed by atoms with Crippen LogP contribution in [0.1, 0.15) is 58.6 Å². The number of carbonyl (C=O) groups is 5. The molecule has 2 aromatic rings. The lowest BCUT2D eigenvalue weighted by Gasteiger charge is -2.26. The van der Waals surface area contributed by atoms with Gasteiger partial charge < -0.3 is 52.0 Å². The third-order valence-electron chi connectivity index (χ3n) is 9.00. The highest BCUT2D eigenvalue weighted by Crippen LogP contribution is 2.33. The number of hydrazine groups is 1. The summed E-state index contributed by atoms with van der Waals surface area (Å²) in [6.07, 6.45) is -4.19. The van der Waals surface area contributed by atoms with Crippen molar-refractivity contribution in [2.45, 2.75) is 95.5 Å². The summed E-state index contributed by atoms with van der Waals surface area (Å²) in [5.74, 6) is 2.33. The molecule has 1 fully saturated rings. The number of anilines is 1. The number of carbonyl (C=O) groups excluding carboxylic acids is 5. The Morgan fingerprint density at radius 2 is 1.80 bits per heavy atom. The van der Waals surface area contributed by atoms with Gasteiger partial charge in [-0.2, -0.15) is 4.98 Å². The van der Waals surface area contributed by atoms with Crippen LogP contribution in [0.25, 0.3) is 11.2 Å². The fourth-order valence-corrected chi connectivity index (χ4v) is 5.98. The fourth-order valence-electron chi connectivity index (χ4n) is 5.98. The average Bonchev–Trinajstić information content (AvgIpc) is 3.60. The molecule has 0 saturated carbocycles. The van der Waals surface area contributed by atoms with E-state index in [-0.39, 0.29) is 68.3 Å². The lowest BCUT2D eigenvalue weighted by molar-refractivity contribution is -0.133. The number of nitrogens with one attached hydrogen (secondary N) is 5. The van der Waals surface area contributed by atoms with Gasteiger partial charge in [-0.05, 0) is 38.1 Å². The monoisotopic (exact) mass is 794 g/mol. The first-order valence-electron chi connectivity index (χ1n) is 18.1. The van der Waals surface area contributed by atoms with Gasteiger partial charge in [-0.3, -0.25) is 38.9 Å². The molecule has 0 unspecified atom stereocenters. The zero-order chi connectivity index (χ0) is 41.7. The highest BCUT2D eigenvalue weighted by Gasteiger charge is 2.49. The molecule has 56 heavy (non-hydrogen) atoms. The molecule has 0 aliphatic carbocycles. The van der Waals surface area contributed by atoms with Crippen LogP contribution in [0.2, 0.25) is 0 Å². The Hall–Kier alpha value is -5.36. The predicted molar refractivity (Wildman–Crippen MR) is 200 cm³/mol. The van der Waals surface area contributed by atoms with Crippen LogP contribution in [0, 0.1) is 5.92 Å². The Labute approximate surface area is 321 Å². The molecule has 1 aliphatic rings. The van der Waals surface area contributed by atoms with E-state index in [4.69, 9.17) is 26.8 Å². The standard InChI is InChI=1S/C33H54N12O11/c1-5-14-44-23-26(40-31(35)41-29(23)52)45(32(44)53)30-25(24(49)19(16-46)55-30)56-33(54)43(4)15-13-37-27(50)18(9-6-7-12-34)38-28(51)22(17(2)3)39-20(47)10-8-11-21(48)42-36/h5,17-19,22,24-25,30,46,49H,1,6-16,34,36H2,2-4H3,(H,37,50)(H,38,51)(H,39,47)(H,42,48)(H3,35,40,41,52)/t18-,19+,22-,24+,25+,30+/m0/s1. The first-order valence-corrected chi connectivity index (χ1v) is 18.1. The first-order chi connectivity index (χ1) is 26.6. The quantitative estimate of drug-likeness (QED) is 0.0192. The van der Waals surface area contributed by atoms with Crippen molar-refractivity contribution in [1.29, 1.82) is 0 Å². The predicted octanol–water partition coefficient (Wildman–Crippen LogP) is -3.63. The van der Waals surface area contributed by atoms with E-state index < -0.39 is 84.2 Å². The number of likely N-dealkylation sites (N-methyl/N-ethyl adjacent to an activating group) is 1. The molecule has 0 aromatic carbocycles. The maximum absolute atomic E-state index is 13.6. The Balaban J connectivity index is 1.69. The first kappa shape index (κ1) is 45.0. The number of nitrogens with zero attached hydrogens (tertiary/aromatic N) is 4. The molecule has 2 aromatic heterocycles. The largest absolute Gasteiger partial charge is 0.438 e. The van der Waals surface area contributed by atoms with Crippen molar-refractivity contribution in [3.63, 3.8) is 0 Å². The molecular weight excluding hydrogens is 740 g/mol. The number of aliphatic hydroxyl groups is 2. The van der Waals surface area contributed by atoms with E-state index in [1.165, 1.54) is 13.1 Å². The van der Waals surface area contributed by atoms with Crippen LogP contribution in [-0.4, -0.2) is 128 Å². The second-order valence-corrected chi connectivity index (χ2v) is 13.5. The van der Waals surface area contributed by atoms with Crippen molar-refractivity contribution in [2.24, 2.45) is 17.5 Å². The SMILES string of the molecule is C=CCn1c(=O)n([C@@H]2O[C@H](CO)[C@@H](O)[C@H]2OC(=O)N(C)CCNC(=O)[C@H](CCCCN)NC(=O)[C@@H](NC(=O)CCCC(=O)NN)C(C)C)c2nc(N)[nH]c(=O)c21. The van der Waals surface area contributed by atoms with E-state index >= 15 is 0 Å². The van der Waals surface area contributed by atoms with Crippen LogP contribution in [0.15, 0.2) is 22.2 Å². The summed E-state index contributed by atoms with van der Waals surface area (Å²) >= 11 is 0. The van der Waals surface area contributed by atoms with Gasteiger partial charge >= 0.3 is 11.8 Å². The lowest BCUT2D eigenvalue weighted by Crippen LogP contribution is -2.55. The number of nitrogen functional groups attached to an aromatic ring is 1. The van der Waals surface area contributed by atoms with Crippen molar-refractivity contribution in [3.05, 3.63) is 33.5 Å². The number of unbranched alkanes of at least 4 members (excludes halogenated alkanes) is 1. The number of rotatable bonds is 21. The van der Waals surface area contributed by atoms with E-state index in [1.807, 2.05) is 5.43 Å². The highest BCUT2D eigenvalue weighted by atomic mass is 16.6. The molecule has 312 valence electrons. The molecule has 23 nitrogen and oxygen atoms in total. The number of fused-ring (bicyclic) bond motifs is 1. The van der Waals surface area contributed by atoms with Gasteiger partial charge in [0.25, 0.3) is 5.56 Å². The Morgan fingerprint density at radius 1 is 1.11 bits per heavy atom. The van der Waals surface area contributed by atoms with Crippen LogP contribution in [0.4, 0.5) is 10.7 Å². The number of nitrogens with two attached hydrogens (primary N) is 3. The van der Waals surface area contributed by atoms with Crippen molar-refractivity contribution in [2.75, 3.05) is 39.0 Å². The van der Waals surface area contributed by atoms with Crippen molar-refractivity contribution in [1.82, 2.24) is 45.4 Å². The minimum atomic E-state index is -1.62. The summed E-state index contributed by atoms with van der Waals surface area (Å²) in [6, 6.07) is -2.00. The third-order valence-corrected chi connectivity index (χ3v) is 9.00. The maximum Gasteiger partial charge on any atom is 0.410 e. The van der Waals surface area contributed by atoms with Gasteiger partial charge in [-0.1, -0.05) is 19.9 Å². The van der Waals surface area contributed by atoms with Crippen molar-refractivity contribution >= 4 is 46.8 Å². The number of imidazole rings is 1. The van der Waals surface area contributed by atoms with E-state index in [2.05, 4.69) is 32.5 Å². The van der Waals surface area contributed by atoms with Gasteiger partial charge in [-0.15, -0.1) is 6.58 Å². The molecule has 1 aliphatic heterocycles. The van der Waals surface area contributed by atoms with E-state index in [0.717, 1.165) is 14.0 Å². The molecule has 3 rings (SSSR count). The van der Waals surface area contributed by atoms with Crippen LogP contribution >= 0.6 is 0 Å². The van der Waals surface area contributed by atoms with Gasteiger partial charge in [0.2, 0.25) is 29.6 Å². The fraction of sp³-hybridized carbons (Fsp3) is 0.636. The second-order valence-electron chi connectivity index (χ2n) is 13.5. The average molecular weight is 795 g/mol. The maximum atomic E-state index is 13.6. The van der Waals surface area contributed by atoms with Crippen LogP contribution in [-0.2, 0) is 35.2 Å². The number of aromatic amines is 1. The van der Waals surface area contributed by atoms with Gasteiger partial charge in [-0.25, -0.2) is 20.0 Å². The lowest BCUT2D eigenvalue weighted by atomic mass is 10.0. The number of amides is 5. The Bertz CT molecular complexity index is 1830. The molecular formula is C33H54N12O11. The van der Waals surface area contributed by atoms with Gasteiger partial charge in [0.15, 0.2) is 23.5 Å². The molecule has 1 saturated heterocycles. The zero-order valence-corrected chi connectivity index (χ0v) is 31.7. The minimum Gasteiger partial charge on any atom is -0.438 e. The highest BCUT2D eigenvalue weighted by molar-refractivity contribution is 5.92. The smallest absolute Gasteiger partial charge is 0.410 e. The summed E-state index contributed by atoms with van der Waals surface area (Å²) < 4.78 is 13.3. The van der Waals surface area contributed by atoms with Gasteiger partial charge in [0, 0.05) is 39.5 Å². The van der Waals surface area contributed by atoms with Crippen LogP contribution in [0.5, 0.6) is 0 Å². The minimum absolute atomic E-state index is 0.0260. The molecule has 3 heterocycles. The number of aliphatic hydroxyl groups excluding tert-OH is 2. The molecule has 0 bridgehead atoms. The molecule has 0 radical (unpaired) electrons. The summed E-state index contributed by atoms with van der Waals surface area (Å²) in [7, 11) is 1.35. The summed E-state index contributed by atoms with van der Waals surface area (Å²) in [4.78, 5) is 97.6. The molecule has 13 N–H and O–H groups in total. The van der Waals surface area contributed by atoms with E-state index in [0.29, 0.717) is 19.4 Å². The van der Waals surface area contributed by atoms with Crippen LogP contribution < -0.4 is 49.9 Å². The molecule has 23 heteroatoms. The van der Waals surface area contributed by atoms with E-state index in [1.54, 1.807) is 13.8 Å². The second kappa shape index (κ2) is 21.1. The summed E-state index contributed by atoms with van der Waals surface area (Å²) in [5, 5.41) is 28.9. The topological polar surface area (TPSA) is 346 Å². The summed E-state index contributed by atoms with van der Waals surface area (Å²) in [6.45, 7) is 6.35. The van der Waals surface area contributed by atoms with E-state index in [9.17, 15) is 43.8 Å². The number of H-pyrrole nitrogens is 1. The normalized spacial score (nSPS) is 18.9. The van der Waals surface area contributed by atoms with Crippen molar-refractivity contribution in [3.8, 4) is 0 Å². The molecule has 6 atom stereocenters. The van der Waals surface area contributed by atoms with Crippen LogP contribution in [0.3, 0.4) is 0 Å². The number of hydrogen-bond acceptors (Lipinski definition) is 15. The zero-order valence-electron chi connectivity index (χ0n) is 31.7. The van der Waals surface area contributed by atoms with Gasteiger partial charge in [0.05, 0.1) is 6.61 Å². The Morgan fingerprint density at radius 3 is 2.43 bits per heavy atom. The van der Waals surface area contributed by atoms with Crippen molar-refractivity contribution < 1.29 is 43.7 Å². The number of aromatic nitrogens is 4. The number of ether oxygens (including phenoxy) is 2. The number of hydrogen-bond donors (Lipinski definition) is 10. The number of allylic oxidation sites excluding steroid dienone is 1. The molecule has 0 spiro atoms. The summed E-state index contributed by atoms with van der Waals surface area (Å²) in [5.41, 5.74) is 11.4.